The average molecular weight is 344 g/mol. The van der Waals surface area contributed by atoms with Crippen LogP contribution in [-0.2, 0) is 20.9 Å². The summed E-state index contributed by atoms with van der Waals surface area (Å²) in [5.41, 5.74) is 1.68. The zero-order valence-corrected chi connectivity index (χ0v) is 14.6. The lowest BCUT2D eigenvalue weighted by atomic mass is 9.96. The molecule has 6 heteroatoms. The quantitative estimate of drug-likeness (QED) is 0.782. The topological polar surface area (TPSA) is 66.9 Å². The van der Waals surface area contributed by atoms with Crippen molar-refractivity contribution in [3.63, 3.8) is 0 Å². The van der Waals surface area contributed by atoms with E-state index in [1.54, 1.807) is 4.90 Å². The fraction of sp³-hybridized carbons (Fsp3) is 0.526. The average Bonchev–Trinajstić information content (AvgIpc) is 3.06. The lowest BCUT2D eigenvalue weighted by Gasteiger charge is -2.30. The monoisotopic (exact) mass is 344 g/mol. The molecule has 3 rings (SSSR count). The predicted molar refractivity (Wildman–Crippen MR) is 91.7 cm³/mol. The van der Waals surface area contributed by atoms with Crippen LogP contribution in [0, 0.1) is 5.92 Å². The first-order valence-corrected chi connectivity index (χ1v) is 8.82. The molecule has 1 aromatic rings. The van der Waals surface area contributed by atoms with Gasteiger partial charge in [-0.1, -0.05) is 12.1 Å². The van der Waals surface area contributed by atoms with E-state index < -0.39 is 0 Å². The third-order valence-electron chi connectivity index (χ3n) is 5.06. The maximum absolute atomic E-state index is 12.6. The fourth-order valence-electron chi connectivity index (χ4n) is 3.51. The Morgan fingerprint density at radius 2 is 1.80 bits per heavy atom. The molecule has 0 spiro atoms. The molecule has 134 valence electrons. The van der Waals surface area contributed by atoms with E-state index >= 15 is 0 Å². The van der Waals surface area contributed by atoms with Gasteiger partial charge in [0.1, 0.15) is 0 Å². The van der Waals surface area contributed by atoms with Crippen molar-refractivity contribution in [1.29, 1.82) is 0 Å². The number of benzene rings is 1. The van der Waals surface area contributed by atoms with Crippen LogP contribution in [0.25, 0.3) is 0 Å². The minimum atomic E-state index is -0.187. The second-order valence-electron chi connectivity index (χ2n) is 6.71. The number of hydrogen-bond donors (Lipinski definition) is 0. The normalized spacial score (nSPS) is 18.5. The molecule has 2 fully saturated rings. The molecule has 2 amide bonds. The number of carbonyl (C=O) groups is 3. The van der Waals surface area contributed by atoms with Crippen LogP contribution in [-0.4, -0.2) is 54.3 Å². The highest BCUT2D eigenvalue weighted by atomic mass is 16.5. The van der Waals surface area contributed by atoms with Gasteiger partial charge in [0.2, 0.25) is 5.91 Å². The van der Waals surface area contributed by atoms with E-state index in [0.29, 0.717) is 44.5 Å². The fourth-order valence-corrected chi connectivity index (χ4v) is 3.51. The van der Waals surface area contributed by atoms with Crippen molar-refractivity contribution in [2.24, 2.45) is 5.92 Å². The molecule has 6 nitrogen and oxygen atoms in total. The van der Waals surface area contributed by atoms with E-state index in [1.807, 2.05) is 29.2 Å². The van der Waals surface area contributed by atoms with Gasteiger partial charge in [0.25, 0.3) is 5.91 Å². The van der Waals surface area contributed by atoms with Crippen molar-refractivity contribution < 1.29 is 19.1 Å². The molecular formula is C19H24N2O4. The van der Waals surface area contributed by atoms with Gasteiger partial charge >= 0.3 is 5.97 Å². The standard InChI is InChI=1S/C19H24N2O4/c1-25-19(24)16-8-11-20(12-9-16)18(23)15-6-4-14(5-7-15)13-21-10-2-3-17(21)22/h4-7,16H,2-3,8-13H2,1H3. The van der Waals surface area contributed by atoms with E-state index in [0.717, 1.165) is 18.5 Å². The summed E-state index contributed by atoms with van der Waals surface area (Å²) in [7, 11) is 1.40. The van der Waals surface area contributed by atoms with Crippen molar-refractivity contribution in [3.8, 4) is 0 Å². The number of amides is 2. The highest BCUT2D eigenvalue weighted by Gasteiger charge is 2.28. The molecule has 2 saturated heterocycles. The van der Waals surface area contributed by atoms with Crippen LogP contribution in [0.15, 0.2) is 24.3 Å². The summed E-state index contributed by atoms with van der Waals surface area (Å²) >= 11 is 0. The number of piperidine rings is 1. The smallest absolute Gasteiger partial charge is 0.308 e. The molecule has 2 aliphatic heterocycles. The van der Waals surface area contributed by atoms with Crippen LogP contribution < -0.4 is 0 Å². The number of ether oxygens (including phenoxy) is 1. The Balaban J connectivity index is 1.56. The van der Waals surface area contributed by atoms with Gasteiger partial charge in [0.15, 0.2) is 0 Å². The Hall–Kier alpha value is -2.37. The SMILES string of the molecule is COC(=O)C1CCN(C(=O)c2ccc(CN3CCCC3=O)cc2)CC1. The summed E-state index contributed by atoms with van der Waals surface area (Å²) in [6.07, 6.45) is 2.86. The molecule has 0 atom stereocenters. The number of nitrogens with zero attached hydrogens (tertiary/aromatic N) is 2. The number of hydrogen-bond acceptors (Lipinski definition) is 4. The van der Waals surface area contributed by atoms with E-state index in [-0.39, 0.29) is 23.7 Å². The second-order valence-corrected chi connectivity index (χ2v) is 6.71. The lowest BCUT2D eigenvalue weighted by molar-refractivity contribution is -0.146. The second kappa shape index (κ2) is 7.68. The number of esters is 1. The Kier molecular flexibility index (Phi) is 5.36. The Bertz CT molecular complexity index is 648. The highest BCUT2D eigenvalue weighted by molar-refractivity contribution is 5.94. The van der Waals surface area contributed by atoms with Gasteiger partial charge in [-0.25, -0.2) is 0 Å². The lowest BCUT2D eigenvalue weighted by Crippen LogP contribution is -2.40. The summed E-state index contributed by atoms with van der Waals surface area (Å²) < 4.78 is 4.77. The van der Waals surface area contributed by atoms with Crippen molar-refractivity contribution >= 4 is 17.8 Å². The maximum Gasteiger partial charge on any atom is 0.308 e. The molecule has 0 aliphatic carbocycles. The van der Waals surface area contributed by atoms with Crippen LogP contribution in [0.5, 0.6) is 0 Å². The van der Waals surface area contributed by atoms with Crippen molar-refractivity contribution in [2.45, 2.75) is 32.2 Å². The molecule has 2 aliphatic rings. The van der Waals surface area contributed by atoms with Crippen molar-refractivity contribution in [1.82, 2.24) is 9.80 Å². The molecule has 0 N–H and O–H groups in total. The molecule has 1 aromatic carbocycles. The van der Waals surface area contributed by atoms with E-state index in [9.17, 15) is 14.4 Å². The maximum atomic E-state index is 12.6. The summed E-state index contributed by atoms with van der Waals surface area (Å²) in [6.45, 7) is 2.57. The minimum absolute atomic E-state index is 0.00730. The van der Waals surface area contributed by atoms with Crippen molar-refractivity contribution in [3.05, 3.63) is 35.4 Å². The van der Waals surface area contributed by atoms with Gasteiger partial charge in [-0.3, -0.25) is 14.4 Å². The molecule has 0 aromatic heterocycles. The van der Waals surface area contributed by atoms with Gasteiger partial charge in [-0.2, -0.15) is 0 Å². The van der Waals surface area contributed by atoms with Crippen molar-refractivity contribution in [2.75, 3.05) is 26.7 Å². The number of carbonyl (C=O) groups excluding carboxylic acids is 3. The van der Waals surface area contributed by atoms with Gasteiger partial charge < -0.3 is 14.5 Å². The predicted octanol–water partition coefficient (Wildman–Crippen LogP) is 1.83. The third-order valence-corrected chi connectivity index (χ3v) is 5.06. The summed E-state index contributed by atoms with van der Waals surface area (Å²) in [5.74, 6) is -0.0944. The zero-order chi connectivity index (χ0) is 17.8. The van der Waals surface area contributed by atoms with E-state index in [1.165, 1.54) is 7.11 Å². The van der Waals surface area contributed by atoms with Gasteiger partial charge in [0.05, 0.1) is 13.0 Å². The van der Waals surface area contributed by atoms with Gasteiger partial charge in [0, 0.05) is 38.2 Å². The number of rotatable bonds is 4. The Morgan fingerprint density at radius 3 is 2.36 bits per heavy atom. The minimum Gasteiger partial charge on any atom is -0.469 e. The van der Waals surface area contributed by atoms with Gasteiger partial charge in [-0.15, -0.1) is 0 Å². The molecular weight excluding hydrogens is 320 g/mol. The Labute approximate surface area is 147 Å². The summed E-state index contributed by atoms with van der Waals surface area (Å²) in [6, 6.07) is 7.48. The molecule has 0 bridgehead atoms. The van der Waals surface area contributed by atoms with Crippen LogP contribution in [0.2, 0.25) is 0 Å². The summed E-state index contributed by atoms with van der Waals surface area (Å²) in [5, 5.41) is 0. The largest absolute Gasteiger partial charge is 0.469 e. The van der Waals surface area contributed by atoms with Crippen LogP contribution >= 0.6 is 0 Å². The van der Waals surface area contributed by atoms with E-state index in [2.05, 4.69) is 0 Å². The first kappa shape index (κ1) is 17.5. The molecule has 0 unspecified atom stereocenters. The molecule has 0 radical (unpaired) electrons. The third kappa shape index (κ3) is 4.00. The summed E-state index contributed by atoms with van der Waals surface area (Å²) in [4.78, 5) is 39.5. The van der Waals surface area contributed by atoms with Crippen LogP contribution in [0.4, 0.5) is 0 Å². The number of likely N-dealkylation sites (tertiary alicyclic amines) is 2. The first-order chi connectivity index (χ1) is 12.1. The molecule has 25 heavy (non-hydrogen) atoms. The molecule has 0 saturated carbocycles. The van der Waals surface area contributed by atoms with Gasteiger partial charge in [-0.05, 0) is 37.0 Å². The highest BCUT2D eigenvalue weighted by Crippen LogP contribution is 2.21. The zero-order valence-electron chi connectivity index (χ0n) is 14.6. The van der Waals surface area contributed by atoms with E-state index in [4.69, 9.17) is 4.74 Å². The Morgan fingerprint density at radius 1 is 1.12 bits per heavy atom. The first-order valence-electron chi connectivity index (χ1n) is 8.82. The molecule has 2 heterocycles. The number of methoxy groups -OCH3 is 1. The van der Waals surface area contributed by atoms with Crippen LogP contribution in [0.3, 0.4) is 0 Å². The van der Waals surface area contributed by atoms with Crippen LogP contribution in [0.1, 0.15) is 41.6 Å².